The van der Waals surface area contributed by atoms with Gasteiger partial charge in [-0.25, -0.2) is 0 Å². The molecule has 0 aliphatic rings. The molecule has 0 radical (unpaired) electrons. The quantitative estimate of drug-likeness (QED) is 0.670. The van der Waals surface area contributed by atoms with Crippen LogP contribution in [-0.2, 0) is 4.79 Å². The van der Waals surface area contributed by atoms with E-state index in [1.54, 1.807) is 0 Å². The molecule has 0 aromatic heterocycles. The van der Waals surface area contributed by atoms with Gasteiger partial charge in [-0.1, -0.05) is 27.2 Å². The number of carbonyl (C=O) groups is 1. The van der Waals surface area contributed by atoms with Crippen molar-refractivity contribution < 1.29 is 15.0 Å². The van der Waals surface area contributed by atoms with Gasteiger partial charge in [0, 0.05) is 0 Å². The zero-order chi connectivity index (χ0) is 10.5. The molecule has 1 unspecified atom stereocenters. The summed E-state index contributed by atoms with van der Waals surface area (Å²) in [5, 5.41) is 18.6. The fourth-order valence-corrected chi connectivity index (χ4v) is 1.77. The Bertz CT molecular complexity index is 166. The molecule has 1 atom stereocenters. The maximum atomic E-state index is 10.5. The van der Waals surface area contributed by atoms with Gasteiger partial charge in [0.05, 0.1) is 12.0 Å². The van der Waals surface area contributed by atoms with Gasteiger partial charge >= 0.3 is 5.97 Å². The molecule has 0 aliphatic heterocycles. The maximum absolute atomic E-state index is 10.5. The van der Waals surface area contributed by atoms with E-state index in [-0.39, 0.29) is 6.42 Å². The number of aliphatic carboxylic acids is 1. The normalized spacial score (nSPS) is 15.8. The molecule has 0 amide bonds. The van der Waals surface area contributed by atoms with Crippen LogP contribution in [0.25, 0.3) is 0 Å². The summed E-state index contributed by atoms with van der Waals surface area (Å²) in [5.41, 5.74) is -1.01. The van der Waals surface area contributed by atoms with E-state index in [0.29, 0.717) is 18.8 Å². The Morgan fingerprint density at radius 3 is 2.31 bits per heavy atom. The standard InChI is InChI=1S/C10H20O3/c1-4-5-10(13,6-8(2)3)7-9(11)12/h8,13H,4-7H2,1-3H3,(H,11,12). The lowest BCUT2D eigenvalue weighted by molar-refractivity contribution is -0.143. The van der Waals surface area contributed by atoms with Gasteiger partial charge in [0.1, 0.15) is 0 Å². The Morgan fingerprint density at radius 1 is 1.46 bits per heavy atom. The zero-order valence-electron chi connectivity index (χ0n) is 8.71. The van der Waals surface area contributed by atoms with E-state index in [0.717, 1.165) is 6.42 Å². The second-order valence-electron chi connectivity index (χ2n) is 4.14. The van der Waals surface area contributed by atoms with Crippen molar-refractivity contribution in [1.29, 1.82) is 0 Å². The first-order valence-corrected chi connectivity index (χ1v) is 4.84. The van der Waals surface area contributed by atoms with Crippen LogP contribution in [0.4, 0.5) is 0 Å². The van der Waals surface area contributed by atoms with Crippen LogP contribution in [0.2, 0.25) is 0 Å². The summed E-state index contributed by atoms with van der Waals surface area (Å²) >= 11 is 0. The van der Waals surface area contributed by atoms with Crippen LogP contribution in [0.3, 0.4) is 0 Å². The Hall–Kier alpha value is -0.570. The predicted molar refractivity (Wildman–Crippen MR) is 51.6 cm³/mol. The second kappa shape index (κ2) is 5.22. The minimum absolute atomic E-state index is 0.140. The van der Waals surface area contributed by atoms with Crippen LogP contribution >= 0.6 is 0 Å². The largest absolute Gasteiger partial charge is 0.481 e. The van der Waals surface area contributed by atoms with E-state index >= 15 is 0 Å². The number of hydrogen-bond acceptors (Lipinski definition) is 2. The van der Waals surface area contributed by atoms with Crippen molar-refractivity contribution in [2.24, 2.45) is 5.92 Å². The smallest absolute Gasteiger partial charge is 0.306 e. The van der Waals surface area contributed by atoms with Crippen LogP contribution < -0.4 is 0 Å². The highest BCUT2D eigenvalue weighted by molar-refractivity contribution is 5.68. The van der Waals surface area contributed by atoms with Gasteiger partial charge in [-0.15, -0.1) is 0 Å². The van der Waals surface area contributed by atoms with Gasteiger partial charge < -0.3 is 10.2 Å². The second-order valence-corrected chi connectivity index (χ2v) is 4.14. The summed E-state index contributed by atoms with van der Waals surface area (Å²) in [6, 6.07) is 0. The highest BCUT2D eigenvalue weighted by Gasteiger charge is 2.29. The molecule has 78 valence electrons. The first kappa shape index (κ1) is 12.4. The van der Waals surface area contributed by atoms with Crippen molar-refractivity contribution in [1.82, 2.24) is 0 Å². The van der Waals surface area contributed by atoms with Crippen LogP contribution in [0, 0.1) is 5.92 Å². The molecule has 0 saturated heterocycles. The van der Waals surface area contributed by atoms with Gasteiger partial charge in [0.25, 0.3) is 0 Å². The molecule has 13 heavy (non-hydrogen) atoms. The molecule has 0 saturated carbocycles. The van der Waals surface area contributed by atoms with Crippen molar-refractivity contribution >= 4 is 5.97 Å². The summed E-state index contributed by atoms with van der Waals surface area (Å²) in [6.45, 7) is 5.93. The third kappa shape index (κ3) is 5.64. The van der Waals surface area contributed by atoms with Crippen LogP contribution in [0.5, 0.6) is 0 Å². The molecular formula is C10H20O3. The number of hydrogen-bond donors (Lipinski definition) is 2. The highest BCUT2D eigenvalue weighted by atomic mass is 16.4. The monoisotopic (exact) mass is 188 g/mol. The molecule has 0 fully saturated rings. The fraction of sp³-hybridized carbons (Fsp3) is 0.900. The van der Waals surface area contributed by atoms with Gasteiger partial charge in [0.15, 0.2) is 0 Å². The van der Waals surface area contributed by atoms with E-state index in [4.69, 9.17) is 5.11 Å². The van der Waals surface area contributed by atoms with Gasteiger partial charge in [-0.2, -0.15) is 0 Å². The molecule has 3 nitrogen and oxygen atoms in total. The number of carboxylic acids is 1. The summed E-state index contributed by atoms with van der Waals surface area (Å²) < 4.78 is 0. The summed E-state index contributed by atoms with van der Waals surface area (Å²) in [4.78, 5) is 10.5. The zero-order valence-corrected chi connectivity index (χ0v) is 8.71. The van der Waals surface area contributed by atoms with Crippen LogP contribution in [0.1, 0.15) is 46.5 Å². The van der Waals surface area contributed by atoms with Crippen molar-refractivity contribution in [2.45, 2.75) is 52.1 Å². The summed E-state index contributed by atoms with van der Waals surface area (Å²) in [5.74, 6) is -0.590. The van der Waals surface area contributed by atoms with Crippen molar-refractivity contribution in [3.05, 3.63) is 0 Å². The lowest BCUT2D eigenvalue weighted by atomic mass is 9.86. The van der Waals surface area contributed by atoms with Crippen molar-refractivity contribution in [3.63, 3.8) is 0 Å². The van der Waals surface area contributed by atoms with Crippen molar-refractivity contribution in [3.8, 4) is 0 Å². The maximum Gasteiger partial charge on any atom is 0.306 e. The molecule has 0 aromatic rings. The van der Waals surface area contributed by atoms with E-state index in [1.165, 1.54) is 0 Å². The minimum atomic E-state index is -1.01. The first-order valence-electron chi connectivity index (χ1n) is 4.84. The van der Waals surface area contributed by atoms with Gasteiger partial charge in [0.2, 0.25) is 0 Å². The van der Waals surface area contributed by atoms with Crippen LogP contribution in [-0.4, -0.2) is 21.8 Å². The molecule has 0 bridgehead atoms. The average Bonchev–Trinajstić information content (AvgIpc) is 1.81. The Balaban J connectivity index is 4.23. The third-order valence-electron chi connectivity index (χ3n) is 1.98. The Morgan fingerprint density at radius 2 is 2.00 bits per heavy atom. The average molecular weight is 188 g/mol. The molecule has 3 heteroatoms. The molecular weight excluding hydrogens is 168 g/mol. The summed E-state index contributed by atoms with van der Waals surface area (Å²) in [6.07, 6.45) is 1.81. The SMILES string of the molecule is CCCC(O)(CC(=O)O)CC(C)C. The van der Waals surface area contributed by atoms with Gasteiger partial charge in [-0.05, 0) is 18.8 Å². The fourth-order valence-electron chi connectivity index (χ4n) is 1.77. The van der Waals surface area contributed by atoms with Crippen LogP contribution in [0.15, 0.2) is 0 Å². The molecule has 0 rings (SSSR count). The Kier molecular flexibility index (Phi) is 4.99. The molecule has 0 aliphatic carbocycles. The summed E-state index contributed by atoms with van der Waals surface area (Å²) in [7, 11) is 0. The molecule has 0 aromatic carbocycles. The van der Waals surface area contributed by atoms with E-state index in [2.05, 4.69) is 0 Å². The Labute approximate surface area is 79.8 Å². The number of aliphatic hydroxyl groups is 1. The molecule has 0 heterocycles. The first-order chi connectivity index (χ1) is 5.89. The van der Waals surface area contributed by atoms with Crippen molar-refractivity contribution in [2.75, 3.05) is 0 Å². The molecule has 0 spiro atoms. The lowest BCUT2D eigenvalue weighted by Crippen LogP contribution is -2.33. The van der Waals surface area contributed by atoms with E-state index in [1.807, 2.05) is 20.8 Å². The molecule has 2 N–H and O–H groups in total. The number of carboxylic acid groups (broad SMARTS) is 1. The van der Waals surface area contributed by atoms with E-state index < -0.39 is 11.6 Å². The lowest BCUT2D eigenvalue weighted by Gasteiger charge is -2.27. The van der Waals surface area contributed by atoms with Gasteiger partial charge in [-0.3, -0.25) is 4.79 Å². The number of rotatable bonds is 6. The third-order valence-corrected chi connectivity index (χ3v) is 1.98. The topological polar surface area (TPSA) is 57.5 Å². The van der Waals surface area contributed by atoms with E-state index in [9.17, 15) is 9.90 Å². The minimum Gasteiger partial charge on any atom is -0.481 e. The highest BCUT2D eigenvalue weighted by Crippen LogP contribution is 2.25. The predicted octanol–water partition coefficient (Wildman–Crippen LogP) is 2.04.